The second-order valence-corrected chi connectivity index (χ2v) is 5.79. The lowest BCUT2D eigenvalue weighted by Crippen LogP contribution is -2.46. The fourth-order valence-corrected chi connectivity index (χ4v) is 2.03. The van der Waals surface area contributed by atoms with E-state index in [0.29, 0.717) is 0 Å². The molecule has 0 spiro atoms. The Morgan fingerprint density at radius 2 is 1.94 bits per heavy atom. The monoisotopic (exact) mass is 241 g/mol. The first-order valence-electron chi connectivity index (χ1n) is 6.12. The van der Waals surface area contributed by atoms with Crippen LogP contribution in [0.15, 0.2) is 0 Å². The maximum Gasteiger partial charge on any atom is 0.239 e. The van der Waals surface area contributed by atoms with Gasteiger partial charge in [-0.05, 0) is 40.0 Å². The molecule has 0 bridgehead atoms. The van der Waals surface area contributed by atoms with Gasteiger partial charge in [0.25, 0.3) is 0 Å². The molecule has 1 aliphatic rings. The van der Waals surface area contributed by atoms with E-state index in [2.05, 4.69) is 10.6 Å². The van der Waals surface area contributed by atoms with E-state index >= 15 is 0 Å². The Morgan fingerprint density at radius 1 is 1.29 bits per heavy atom. The lowest BCUT2D eigenvalue weighted by atomic mass is 10.1. The zero-order valence-corrected chi connectivity index (χ0v) is 10.9. The van der Waals surface area contributed by atoms with E-state index in [1.165, 1.54) is 0 Å². The van der Waals surface area contributed by atoms with Crippen LogP contribution in [0.4, 0.5) is 0 Å². The summed E-state index contributed by atoms with van der Waals surface area (Å²) >= 11 is 0. The van der Waals surface area contributed by atoms with Gasteiger partial charge >= 0.3 is 0 Å². The summed E-state index contributed by atoms with van der Waals surface area (Å²) in [6.07, 6.45) is 2.45. The van der Waals surface area contributed by atoms with Crippen molar-refractivity contribution in [3.8, 4) is 0 Å². The molecule has 1 aliphatic carbocycles. The van der Waals surface area contributed by atoms with Gasteiger partial charge in [-0.1, -0.05) is 0 Å². The molecule has 0 heterocycles. The van der Waals surface area contributed by atoms with Gasteiger partial charge in [-0.25, -0.2) is 0 Å². The molecule has 1 saturated carbocycles. The number of carbonyl (C=O) groups excluding carboxylic acids is 2. The lowest BCUT2D eigenvalue weighted by Gasteiger charge is -2.20. The van der Waals surface area contributed by atoms with E-state index in [1.807, 2.05) is 20.8 Å². The summed E-state index contributed by atoms with van der Waals surface area (Å²) in [5.74, 6) is -0.234. The van der Waals surface area contributed by atoms with Crippen LogP contribution in [-0.2, 0) is 9.59 Å². The summed E-state index contributed by atoms with van der Waals surface area (Å²) in [6.45, 7) is 5.76. The first-order chi connectivity index (χ1) is 7.78. The predicted octanol–water partition coefficient (Wildman–Crippen LogP) is 0.145. The first kappa shape index (κ1) is 14.0. The molecule has 0 radical (unpaired) electrons. The van der Waals surface area contributed by atoms with Gasteiger partial charge in [0.1, 0.15) is 0 Å². The summed E-state index contributed by atoms with van der Waals surface area (Å²) in [5.41, 5.74) is 5.48. The molecule has 1 rings (SSSR count). The number of nitrogens with one attached hydrogen (secondary N) is 2. The van der Waals surface area contributed by atoms with E-state index in [1.54, 1.807) is 0 Å². The first-order valence-corrected chi connectivity index (χ1v) is 6.12. The van der Waals surface area contributed by atoms with Crippen LogP contribution >= 0.6 is 0 Å². The van der Waals surface area contributed by atoms with Crippen molar-refractivity contribution in [3.05, 3.63) is 0 Å². The van der Waals surface area contributed by atoms with Gasteiger partial charge in [-0.2, -0.15) is 0 Å². The minimum Gasteiger partial charge on any atom is -0.350 e. The van der Waals surface area contributed by atoms with Gasteiger partial charge < -0.3 is 16.4 Å². The maximum atomic E-state index is 11.7. The van der Waals surface area contributed by atoms with Gasteiger partial charge in [0.05, 0.1) is 6.54 Å². The average molecular weight is 241 g/mol. The van der Waals surface area contributed by atoms with Crippen molar-refractivity contribution in [2.45, 2.75) is 51.6 Å². The Bertz CT molecular complexity index is 297. The topological polar surface area (TPSA) is 84.2 Å². The van der Waals surface area contributed by atoms with Gasteiger partial charge in [0.2, 0.25) is 11.8 Å². The molecule has 0 aromatic rings. The number of nitrogens with two attached hydrogens (primary N) is 1. The minimum absolute atomic E-state index is 0.0209. The van der Waals surface area contributed by atoms with Crippen molar-refractivity contribution in [3.63, 3.8) is 0 Å². The van der Waals surface area contributed by atoms with Crippen LogP contribution in [0.3, 0.4) is 0 Å². The number of hydrogen-bond donors (Lipinski definition) is 3. The molecule has 5 heteroatoms. The molecule has 5 nitrogen and oxygen atoms in total. The van der Waals surface area contributed by atoms with E-state index in [9.17, 15) is 9.59 Å². The van der Waals surface area contributed by atoms with Crippen LogP contribution in [0.5, 0.6) is 0 Å². The van der Waals surface area contributed by atoms with Crippen LogP contribution in [0, 0.1) is 5.92 Å². The van der Waals surface area contributed by atoms with Crippen LogP contribution in [0.25, 0.3) is 0 Å². The Kier molecular flexibility index (Phi) is 4.51. The van der Waals surface area contributed by atoms with Gasteiger partial charge in [0.15, 0.2) is 0 Å². The predicted molar refractivity (Wildman–Crippen MR) is 66.2 cm³/mol. The molecule has 0 aromatic heterocycles. The third kappa shape index (κ3) is 5.17. The molecule has 2 unspecified atom stereocenters. The third-order valence-electron chi connectivity index (χ3n) is 2.78. The number of rotatable bonds is 3. The fraction of sp³-hybridized carbons (Fsp3) is 0.833. The lowest BCUT2D eigenvalue weighted by molar-refractivity contribution is -0.129. The van der Waals surface area contributed by atoms with Crippen molar-refractivity contribution >= 4 is 11.8 Å². The van der Waals surface area contributed by atoms with Gasteiger partial charge in [-0.3, -0.25) is 9.59 Å². The standard InChI is InChI=1S/C12H23N3O2/c1-12(2,3)15-10(16)7-14-11(17)8-4-5-9(13)6-8/h8-9H,4-7,13H2,1-3H3,(H,14,17)(H,15,16). The number of amides is 2. The van der Waals surface area contributed by atoms with Crippen LogP contribution in [0.2, 0.25) is 0 Å². The van der Waals surface area contributed by atoms with E-state index in [0.717, 1.165) is 19.3 Å². The molecule has 17 heavy (non-hydrogen) atoms. The summed E-state index contributed by atoms with van der Waals surface area (Å²) in [6, 6.07) is 0.133. The van der Waals surface area contributed by atoms with Crippen molar-refractivity contribution in [1.29, 1.82) is 0 Å². The maximum absolute atomic E-state index is 11.7. The molecule has 1 fully saturated rings. The zero-order chi connectivity index (χ0) is 13.1. The summed E-state index contributed by atoms with van der Waals surface area (Å²) < 4.78 is 0. The molecule has 2 amide bonds. The van der Waals surface area contributed by atoms with Gasteiger partial charge in [-0.15, -0.1) is 0 Å². The third-order valence-corrected chi connectivity index (χ3v) is 2.78. The highest BCUT2D eigenvalue weighted by Gasteiger charge is 2.27. The summed E-state index contributed by atoms with van der Waals surface area (Å²) in [4.78, 5) is 23.2. The van der Waals surface area contributed by atoms with Crippen LogP contribution in [0.1, 0.15) is 40.0 Å². The Labute approximate surface area is 103 Å². The van der Waals surface area contributed by atoms with E-state index in [4.69, 9.17) is 5.73 Å². The highest BCUT2D eigenvalue weighted by atomic mass is 16.2. The summed E-state index contributed by atoms with van der Waals surface area (Å²) in [7, 11) is 0. The van der Waals surface area contributed by atoms with Crippen LogP contribution in [-0.4, -0.2) is 29.9 Å². The molecule has 4 N–H and O–H groups in total. The Morgan fingerprint density at radius 3 is 2.41 bits per heavy atom. The van der Waals surface area contributed by atoms with Crippen molar-refractivity contribution in [2.75, 3.05) is 6.54 Å². The minimum atomic E-state index is -0.266. The molecule has 0 saturated heterocycles. The normalized spacial score (nSPS) is 24.5. The van der Waals surface area contributed by atoms with E-state index in [-0.39, 0.29) is 35.9 Å². The number of carbonyl (C=O) groups is 2. The molecular formula is C12H23N3O2. The second kappa shape index (κ2) is 5.49. The van der Waals surface area contributed by atoms with Crippen molar-refractivity contribution < 1.29 is 9.59 Å². The molecule has 2 atom stereocenters. The quantitative estimate of drug-likeness (QED) is 0.657. The molecular weight excluding hydrogens is 218 g/mol. The average Bonchev–Trinajstić information content (AvgIpc) is 2.58. The highest BCUT2D eigenvalue weighted by molar-refractivity contribution is 5.86. The Balaban J connectivity index is 2.26. The van der Waals surface area contributed by atoms with E-state index < -0.39 is 0 Å². The Hall–Kier alpha value is -1.10. The molecule has 0 aliphatic heterocycles. The largest absolute Gasteiger partial charge is 0.350 e. The van der Waals surface area contributed by atoms with Crippen LogP contribution < -0.4 is 16.4 Å². The highest BCUT2D eigenvalue weighted by Crippen LogP contribution is 2.23. The fourth-order valence-electron chi connectivity index (χ4n) is 2.03. The van der Waals surface area contributed by atoms with Crippen molar-refractivity contribution in [2.24, 2.45) is 11.7 Å². The SMILES string of the molecule is CC(C)(C)NC(=O)CNC(=O)C1CCC(N)C1. The smallest absolute Gasteiger partial charge is 0.239 e. The number of hydrogen-bond acceptors (Lipinski definition) is 3. The molecule has 0 aromatic carbocycles. The summed E-state index contributed by atoms with van der Waals surface area (Å²) in [5, 5.41) is 5.46. The second-order valence-electron chi connectivity index (χ2n) is 5.79. The van der Waals surface area contributed by atoms with Gasteiger partial charge in [0, 0.05) is 17.5 Å². The van der Waals surface area contributed by atoms with Crippen molar-refractivity contribution in [1.82, 2.24) is 10.6 Å². The molecule has 98 valence electrons. The zero-order valence-electron chi connectivity index (χ0n) is 10.9.